The molecular formula is C16H16N4O3. The van der Waals surface area contributed by atoms with Crippen LogP contribution >= 0.6 is 0 Å². The monoisotopic (exact) mass is 312 g/mol. The molecule has 1 N–H and O–H groups in total. The number of nitrogens with one attached hydrogen (secondary N) is 1. The number of hydrogen-bond acceptors (Lipinski definition) is 5. The number of fused-ring (bicyclic) bond motifs is 1. The van der Waals surface area contributed by atoms with E-state index in [1.165, 1.54) is 12.4 Å². The van der Waals surface area contributed by atoms with Crippen LogP contribution in [0.4, 0.5) is 0 Å². The molecule has 1 aromatic carbocycles. The van der Waals surface area contributed by atoms with E-state index in [0.29, 0.717) is 23.3 Å². The van der Waals surface area contributed by atoms with Gasteiger partial charge in [-0.25, -0.2) is 14.5 Å². The lowest BCUT2D eigenvalue weighted by molar-refractivity contribution is 0.0934. The third kappa shape index (κ3) is 2.85. The normalized spacial score (nSPS) is 12.3. The summed E-state index contributed by atoms with van der Waals surface area (Å²) >= 11 is 0. The van der Waals surface area contributed by atoms with Gasteiger partial charge in [0.2, 0.25) is 0 Å². The fourth-order valence-electron chi connectivity index (χ4n) is 2.41. The van der Waals surface area contributed by atoms with Crippen molar-refractivity contribution in [2.45, 2.75) is 26.4 Å². The third-order valence-electron chi connectivity index (χ3n) is 3.57. The lowest BCUT2D eigenvalue weighted by Gasteiger charge is -2.13. The first-order chi connectivity index (χ1) is 11.1. The molecule has 0 radical (unpaired) electrons. The van der Waals surface area contributed by atoms with Gasteiger partial charge in [-0.3, -0.25) is 4.79 Å². The van der Waals surface area contributed by atoms with Crippen molar-refractivity contribution in [3.05, 3.63) is 58.5 Å². The number of benzene rings is 1. The van der Waals surface area contributed by atoms with Gasteiger partial charge in [0, 0.05) is 11.9 Å². The van der Waals surface area contributed by atoms with E-state index in [2.05, 4.69) is 15.4 Å². The molecule has 0 aliphatic carbocycles. The summed E-state index contributed by atoms with van der Waals surface area (Å²) in [5, 5.41) is 7.52. The van der Waals surface area contributed by atoms with Crippen LogP contribution < -0.4 is 10.9 Å². The zero-order chi connectivity index (χ0) is 16.4. The van der Waals surface area contributed by atoms with Gasteiger partial charge < -0.3 is 9.73 Å². The minimum Gasteiger partial charge on any atom is -0.422 e. The molecule has 3 rings (SSSR count). The van der Waals surface area contributed by atoms with E-state index in [1.807, 2.05) is 13.0 Å². The Labute approximate surface area is 131 Å². The molecule has 0 aliphatic heterocycles. The first kappa shape index (κ1) is 15.0. The molecule has 0 unspecified atom stereocenters. The molecule has 3 aromatic rings. The summed E-state index contributed by atoms with van der Waals surface area (Å²) in [5.41, 5.74) is -0.240. The van der Waals surface area contributed by atoms with Crippen LogP contribution in [0.1, 0.15) is 36.1 Å². The maximum atomic E-state index is 12.4. The number of hydrogen-bond donors (Lipinski definition) is 1. The molecule has 0 saturated carbocycles. The lowest BCUT2D eigenvalue weighted by atomic mass is 10.1. The molecule has 0 bridgehead atoms. The highest BCUT2D eigenvalue weighted by molar-refractivity contribution is 5.96. The second-order valence-electron chi connectivity index (χ2n) is 5.11. The van der Waals surface area contributed by atoms with Gasteiger partial charge in [-0.15, -0.1) is 0 Å². The molecule has 2 heterocycles. The van der Waals surface area contributed by atoms with Crippen molar-refractivity contribution >= 4 is 16.9 Å². The molecule has 0 fully saturated rings. The molecule has 118 valence electrons. The number of rotatable bonds is 4. The van der Waals surface area contributed by atoms with Crippen LogP contribution in [0, 0.1) is 0 Å². The van der Waals surface area contributed by atoms with Crippen LogP contribution in [0.2, 0.25) is 0 Å². The highest BCUT2D eigenvalue weighted by Crippen LogP contribution is 2.14. The Balaban J connectivity index is 1.89. The molecule has 1 amide bonds. The number of carbonyl (C=O) groups is 1. The Kier molecular flexibility index (Phi) is 3.92. The van der Waals surface area contributed by atoms with Crippen molar-refractivity contribution < 1.29 is 9.21 Å². The standard InChI is InChI=1S/C16H16N4O3/c1-3-20-14(17-9-18-20)10(2)19-15(21)12-8-11-6-4-5-7-13(11)23-16(12)22/h4-10H,3H2,1-2H3,(H,19,21)/t10-/m0/s1. The fraction of sp³-hybridized carbons (Fsp3) is 0.250. The highest BCUT2D eigenvalue weighted by Gasteiger charge is 2.19. The quantitative estimate of drug-likeness (QED) is 0.743. The van der Waals surface area contributed by atoms with Crippen LogP contribution in [0.25, 0.3) is 11.0 Å². The molecule has 7 heteroatoms. The molecule has 23 heavy (non-hydrogen) atoms. The second-order valence-corrected chi connectivity index (χ2v) is 5.11. The van der Waals surface area contributed by atoms with Crippen LogP contribution in [0.15, 0.2) is 45.9 Å². The van der Waals surface area contributed by atoms with E-state index < -0.39 is 11.5 Å². The van der Waals surface area contributed by atoms with Crippen LogP contribution in [-0.2, 0) is 6.54 Å². The summed E-state index contributed by atoms with van der Waals surface area (Å²) in [4.78, 5) is 28.5. The average Bonchev–Trinajstić information content (AvgIpc) is 3.02. The second kappa shape index (κ2) is 6.04. The summed E-state index contributed by atoms with van der Waals surface area (Å²) in [6, 6.07) is 8.21. The number of aryl methyl sites for hydroxylation is 1. The number of nitrogens with zero attached hydrogens (tertiary/aromatic N) is 3. The average molecular weight is 312 g/mol. The van der Waals surface area contributed by atoms with Gasteiger partial charge in [0.1, 0.15) is 23.3 Å². The SMILES string of the molecule is CCn1ncnc1[C@H](C)NC(=O)c1cc2ccccc2oc1=O. The third-order valence-corrected chi connectivity index (χ3v) is 3.57. The first-order valence-corrected chi connectivity index (χ1v) is 7.31. The van der Waals surface area contributed by atoms with E-state index in [-0.39, 0.29) is 11.6 Å². The summed E-state index contributed by atoms with van der Waals surface area (Å²) < 4.78 is 6.87. The summed E-state index contributed by atoms with van der Waals surface area (Å²) in [6.07, 6.45) is 1.44. The maximum absolute atomic E-state index is 12.4. The summed E-state index contributed by atoms with van der Waals surface area (Å²) in [5.74, 6) is 0.133. The van der Waals surface area contributed by atoms with Gasteiger partial charge in [0.15, 0.2) is 0 Å². The number of carbonyl (C=O) groups excluding carboxylic acids is 1. The van der Waals surface area contributed by atoms with Crippen LogP contribution in [0.3, 0.4) is 0 Å². The van der Waals surface area contributed by atoms with Gasteiger partial charge >= 0.3 is 5.63 Å². The minimum absolute atomic E-state index is 0.0295. The zero-order valence-electron chi connectivity index (χ0n) is 12.8. The van der Waals surface area contributed by atoms with Gasteiger partial charge in [0.05, 0.1) is 6.04 Å². The Hall–Kier alpha value is -2.96. The van der Waals surface area contributed by atoms with Gasteiger partial charge in [-0.2, -0.15) is 5.10 Å². The van der Waals surface area contributed by atoms with E-state index in [1.54, 1.807) is 29.8 Å². The lowest BCUT2D eigenvalue weighted by Crippen LogP contribution is -2.32. The Bertz CT molecular complexity index is 913. The topological polar surface area (TPSA) is 90.0 Å². The van der Waals surface area contributed by atoms with Crippen molar-refractivity contribution in [1.29, 1.82) is 0 Å². The van der Waals surface area contributed by atoms with E-state index in [0.717, 1.165) is 0 Å². The number of para-hydroxylation sites is 1. The molecule has 0 aliphatic rings. The number of amides is 1. The van der Waals surface area contributed by atoms with Gasteiger partial charge in [-0.1, -0.05) is 18.2 Å². The molecule has 0 saturated heterocycles. The Morgan fingerprint density at radius 1 is 1.39 bits per heavy atom. The van der Waals surface area contributed by atoms with Crippen molar-refractivity contribution in [3.8, 4) is 0 Å². The maximum Gasteiger partial charge on any atom is 0.349 e. The van der Waals surface area contributed by atoms with E-state index in [9.17, 15) is 9.59 Å². The smallest absolute Gasteiger partial charge is 0.349 e. The summed E-state index contributed by atoms with van der Waals surface area (Å²) in [6.45, 7) is 4.37. The zero-order valence-corrected chi connectivity index (χ0v) is 12.8. The summed E-state index contributed by atoms with van der Waals surface area (Å²) in [7, 11) is 0. The van der Waals surface area contributed by atoms with Crippen molar-refractivity contribution in [2.24, 2.45) is 0 Å². The fourth-order valence-corrected chi connectivity index (χ4v) is 2.41. The predicted octanol–water partition coefficient (Wildman–Crippen LogP) is 1.90. The van der Waals surface area contributed by atoms with E-state index >= 15 is 0 Å². The van der Waals surface area contributed by atoms with E-state index in [4.69, 9.17) is 4.42 Å². The molecule has 7 nitrogen and oxygen atoms in total. The van der Waals surface area contributed by atoms with Crippen LogP contribution in [0.5, 0.6) is 0 Å². The van der Waals surface area contributed by atoms with Crippen molar-refractivity contribution in [3.63, 3.8) is 0 Å². The van der Waals surface area contributed by atoms with Gasteiger partial charge in [-0.05, 0) is 26.0 Å². The number of aromatic nitrogens is 3. The van der Waals surface area contributed by atoms with Gasteiger partial charge in [0.25, 0.3) is 5.91 Å². The largest absolute Gasteiger partial charge is 0.422 e. The first-order valence-electron chi connectivity index (χ1n) is 7.31. The highest BCUT2D eigenvalue weighted by atomic mass is 16.4. The van der Waals surface area contributed by atoms with Crippen molar-refractivity contribution in [1.82, 2.24) is 20.1 Å². The molecular weight excluding hydrogens is 296 g/mol. The minimum atomic E-state index is -0.662. The predicted molar refractivity (Wildman–Crippen MR) is 84.1 cm³/mol. The Morgan fingerprint density at radius 2 is 2.17 bits per heavy atom. The Morgan fingerprint density at radius 3 is 2.96 bits per heavy atom. The molecule has 2 aromatic heterocycles. The van der Waals surface area contributed by atoms with Crippen LogP contribution in [-0.4, -0.2) is 20.7 Å². The molecule has 0 spiro atoms. The molecule has 1 atom stereocenters. The van der Waals surface area contributed by atoms with Crippen molar-refractivity contribution in [2.75, 3.05) is 0 Å².